The van der Waals surface area contributed by atoms with Gasteiger partial charge in [-0.1, -0.05) is 23.7 Å². The van der Waals surface area contributed by atoms with Gasteiger partial charge in [0.1, 0.15) is 0 Å². The second kappa shape index (κ2) is 5.81. The molecule has 2 amide bonds. The highest BCUT2D eigenvalue weighted by molar-refractivity contribution is 6.30. The normalized spacial score (nSPS) is 13.2. The SMILES string of the molecule is CN1C(=O)Cc2cc(CNC(=O)c3ccc(Cl)cc3)ccc21. The highest BCUT2D eigenvalue weighted by Gasteiger charge is 2.23. The third-order valence-electron chi connectivity index (χ3n) is 3.78. The van der Waals surface area contributed by atoms with Gasteiger partial charge in [-0.3, -0.25) is 9.59 Å². The Hall–Kier alpha value is -2.33. The maximum Gasteiger partial charge on any atom is 0.251 e. The molecule has 1 aliphatic heterocycles. The molecule has 3 rings (SSSR count). The molecule has 0 saturated heterocycles. The first-order valence-corrected chi connectivity index (χ1v) is 7.34. The van der Waals surface area contributed by atoms with E-state index in [2.05, 4.69) is 5.32 Å². The van der Waals surface area contributed by atoms with Crippen molar-refractivity contribution >= 4 is 29.1 Å². The quantitative estimate of drug-likeness (QED) is 0.947. The Labute approximate surface area is 133 Å². The first kappa shape index (κ1) is 14.6. The highest BCUT2D eigenvalue weighted by Crippen LogP contribution is 2.28. The van der Waals surface area contributed by atoms with Crippen molar-refractivity contribution < 1.29 is 9.59 Å². The number of carbonyl (C=O) groups excluding carboxylic acids is 2. The Morgan fingerprint density at radius 3 is 2.68 bits per heavy atom. The summed E-state index contributed by atoms with van der Waals surface area (Å²) < 4.78 is 0. The zero-order valence-corrected chi connectivity index (χ0v) is 12.9. The fourth-order valence-electron chi connectivity index (χ4n) is 2.52. The van der Waals surface area contributed by atoms with E-state index in [1.54, 1.807) is 36.2 Å². The van der Waals surface area contributed by atoms with Gasteiger partial charge in [0.25, 0.3) is 5.91 Å². The van der Waals surface area contributed by atoms with Gasteiger partial charge in [0, 0.05) is 29.9 Å². The lowest BCUT2D eigenvalue weighted by Crippen LogP contribution is -2.22. The first-order chi connectivity index (χ1) is 10.5. The van der Waals surface area contributed by atoms with Gasteiger partial charge in [0.15, 0.2) is 0 Å². The van der Waals surface area contributed by atoms with E-state index in [0.29, 0.717) is 23.6 Å². The van der Waals surface area contributed by atoms with Gasteiger partial charge < -0.3 is 10.2 Å². The van der Waals surface area contributed by atoms with Crippen LogP contribution in [0.1, 0.15) is 21.5 Å². The summed E-state index contributed by atoms with van der Waals surface area (Å²) >= 11 is 5.80. The van der Waals surface area contributed by atoms with Crippen LogP contribution in [0.4, 0.5) is 5.69 Å². The number of carbonyl (C=O) groups is 2. The van der Waals surface area contributed by atoms with E-state index in [-0.39, 0.29) is 11.8 Å². The number of amides is 2. The van der Waals surface area contributed by atoms with Gasteiger partial charge in [-0.15, -0.1) is 0 Å². The second-order valence-corrected chi connectivity index (χ2v) is 5.72. The summed E-state index contributed by atoms with van der Waals surface area (Å²) in [5.41, 5.74) is 3.49. The Balaban J connectivity index is 1.67. The molecule has 0 unspecified atom stereocenters. The Morgan fingerprint density at radius 1 is 1.23 bits per heavy atom. The molecule has 2 aromatic rings. The minimum absolute atomic E-state index is 0.0948. The predicted molar refractivity (Wildman–Crippen MR) is 86.2 cm³/mol. The zero-order chi connectivity index (χ0) is 15.7. The average Bonchev–Trinajstić information content (AvgIpc) is 2.80. The van der Waals surface area contributed by atoms with Crippen LogP contribution in [0.3, 0.4) is 0 Å². The number of nitrogens with zero attached hydrogens (tertiary/aromatic N) is 1. The predicted octanol–water partition coefficient (Wildman–Crippen LogP) is 2.79. The van der Waals surface area contributed by atoms with Gasteiger partial charge in [-0.25, -0.2) is 0 Å². The summed E-state index contributed by atoms with van der Waals surface area (Å²) in [7, 11) is 1.77. The van der Waals surface area contributed by atoms with Crippen LogP contribution in [-0.2, 0) is 17.8 Å². The maximum atomic E-state index is 12.1. The minimum Gasteiger partial charge on any atom is -0.348 e. The molecule has 2 aromatic carbocycles. The number of hydrogen-bond acceptors (Lipinski definition) is 2. The number of nitrogens with one attached hydrogen (secondary N) is 1. The van der Waals surface area contributed by atoms with Crippen molar-refractivity contribution in [3.8, 4) is 0 Å². The summed E-state index contributed by atoms with van der Waals surface area (Å²) in [6.45, 7) is 0.423. The van der Waals surface area contributed by atoms with Crippen LogP contribution in [0.15, 0.2) is 42.5 Å². The van der Waals surface area contributed by atoms with Gasteiger partial charge in [-0.2, -0.15) is 0 Å². The molecule has 1 N–H and O–H groups in total. The number of benzene rings is 2. The van der Waals surface area contributed by atoms with Crippen molar-refractivity contribution in [1.29, 1.82) is 0 Å². The van der Waals surface area contributed by atoms with Crippen LogP contribution in [0.25, 0.3) is 0 Å². The van der Waals surface area contributed by atoms with E-state index in [1.807, 2.05) is 18.2 Å². The van der Waals surface area contributed by atoms with Crippen LogP contribution < -0.4 is 10.2 Å². The topological polar surface area (TPSA) is 49.4 Å². The first-order valence-electron chi connectivity index (χ1n) is 6.97. The number of anilines is 1. The van der Waals surface area contributed by atoms with Gasteiger partial charge in [0.05, 0.1) is 6.42 Å². The number of rotatable bonds is 3. The van der Waals surface area contributed by atoms with Crippen LogP contribution in [0.2, 0.25) is 5.02 Å². The fourth-order valence-corrected chi connectivity index (χ4v) is 2.65. The van der Waals surface area contributed by atoms with E-state index in [9.17, 15) is 9.59 Å². The molecule has 0 saturated carbocycles. The largest absolute Gasteiger partial charge is 0.348 e. The molecule has 4 nitrogen and oxygen atoms in total. The lowest BCUT2D eigenvalue weighted by atomic mass is 10.1. The number of fused-ring (bicyclic) bond motifs is 1. The molecule has 1 heterocycles. The second-order valence-electron chi connectivity index (χ2n) is 5.28. The molecule has 0 aliphatic carbocycles. The smallest absolute Gasteiger partial charge is 0.251 e. The van der Waals surface area contributed by atoms with Crippen LogP contribution >= 0.6 is 11.6 Å². The fraction of sp³-hybridized carbons (Fsp3) is 0.176. The summed E-state index contributed by atoms with van der Waals surface area (Å²) in [5.74, 6) is -0.0530. The molecule has 0 bridgehead atoms. The van der Waals surface area contributed by atoms with Crippen LogP contribution in [0, 0.1) is 0 Å². The van der Waals surface area contributed by atoms with Gasteiger partial charge in [-0.05, 0) is 41.5 Å². The Bertz CT molecular complexity index is 741. The van der Waals surface area contributed by atoms with Crippen molar-refractivity contribution in [2.75, 3.05) is 11.9 Å². The monoisotopic (exact) mass is 314 g/mol. The van der Waals surface area contributed by atoms with E-state index in [0.717, 1.165) is 16.8 Å². The van der Waals surface area contributed by atoms with Crippen molar-refractivity contribution in [3.63, 3.8) is 0 Å². The summed E-state index contributed by atoms with van der Waals surface area (Å²) in [5, 5.41) is 3.47. The zero-order valence-electron chi connectivity index (χ0n) is 12.1. The molecule has 0 fully saturated rings. The molecule has 0 radical (unpaired) electrons. The molecule has 0 atom stereocenters. The minimum atomic E-state index is -0.148. The molecule has 0 aromatic heterocycles. The Kier molecular flexibility index (Phi) is 3.86. The van der Waals surface area contributed by atoms with E-state index >= 15 is 0 Å². The molecular weight excluding hydrogens is 300 g/mol. The third-order valence-corrected chi connectivity index (χ3v) is 4.03. The molecule has 0 spiro atoms. The molecule has 5 heteroatoms. The standard InChI is InChI=1S/C17H15ClN2O2/c1-20-15-7-2-11(8-13(15)9-16(20)21)10-19-17(22)12-3-5-14(18)6-4-12/h2-8H,9-10H2,1H3,(H,19,22). The van der Waals surface area contributed by atoms with E-state index in [4.69, 9.17) is 11.6 Å². The molecule has 112 valence electrons. The third kappa shape index (κ3) is 2.83. The van der Waals surface area contributed by atoms with E-state index < -0.39 is 0 Å². The number of hydrogen-bond donors (Lipinski definition) is 1. The molecule has 1 aliphatic rings. The van der Waals surface area contributed by atoms with Crippen molar-refractivity contribution in [1.82, 2.24) is 5.32 Å². The van der Waals surface area contributed by atoms with Crippen molar-refractivity contribution in [2.24, 2.45) is 0 Å². The lowest BCUT2D eigenvalue weighted by molar-refractivity contribution is -0.117. The van der Waals surface area contributed by atoms with Gasteiger partial charge >= 0.3 is 0 Å². The van der Waals surface area contributed by atoms with Crippen molar-refractivity contribution in [3.05, 3.63) is 64.2 Å². The highest BCUT2D eigenvalue weighted by atomic mass is 35.5. The summed E-state index contributed by atoms with van der Waals surface area (Å²) in [4.78, 5) is 25.4. The summed E-state index contributed by atoms with van der Waals surface area (Å²) in [6, 6.07) is 12.6. The van der Waals surface area contributed by atoms with Crippen LogP contribution in [0.5, 0.6) is 0 Å². The number of halogens is 1. The van der Waals surface area contributed by atoms with Crippen molar-refractivity contribution in [2.45, 2.75) is 13.0 Å². The number of likely N-dealkylation sites (N-methyl/N-ethyl adjacent to an activating group) is 1. The van der Waals surface area contributed by atoms with Gasteiger partial charge in [0.2, 0.25) is 5.91 Å². The van der Waals surface area contributed by atoms with E-state index in [1.165, 1.54) is 0 Å². The molecular formula is C17H15ClN2O2. The maximum absolute atomic E-state index is 12.1. The average molecular weight is 315 g/mol. The molecule has 22 heavy (non-hydrogen) atoms. The lowest BCUT2D eigenvalue weighted by Gasteiger charge is -2.11. The van der Waals surface area contributed by atoms with Crippen LogP contribution in [-0.4, -0.2) is 18.9 Å². The Morgan fingerprint density at radius 2 is 1.95 bits per heavy atom. The summed E-state index contributed by atoms with van der Waals surface area (Å²) in [6.07, 6.45) is 0.421.